The minimum Gasteiger partial charge on any atom is -0.368 e. The van der Waals surface area contributed by atoms with Crippen molar-refractivity contribution >= 4 is 11.8 Å². The number of halogens is 3. The molecule has 0 aliphatic heterocycles. The molecule has 0 saturated heterocycles. The van der Waals surface area contributed by atoms with Gasteiger partial charge in [-0.3, -0.25) is 0 Å². The van der Waals surface area contributed by atoms with E-state index in [0.717, 1.165) is 6.07 Å². The van der Waals surface area contributed by atoms with Crippen LogP contribution in [0.15, 0.2) is 6.07 Å². The van der Waals surface area contributed by atoms with Gasteiger partial charge in [0.05, 0.1) is 0 Å². The monoisotopic (exact) mass is 274 g/mol. The standard InChI is InChI=1S/C12H17F3N4/c1-10(2)8(11(10,3)4)18-7-5-6(12(13,14)15)17-9(16)19-7/h5,8H,1-4H3,(H3,16,17,18,19). The summed E-state index contributed by atoms with van der Waals surface area (Å²) in [6, 6.07) is 0.941. The molecule has 0 atom stereocenters. The molecular weight excluding hydrogens is 257 g/mol. The Balaban J connectivity index is 2.26. The predicted molar refractivity (Wildman–Crippen MR) is 66.4 cm³/mol. The third-order valence-electron chi connectivity index (χ3n) is 4.35. The van der Waals surface area contributed by atoms with Crippen LogP contribution in [-0.2, 0) is 6.18 Å². The molecule has 1 aromatic heterocycles. The molecule has 0 unspecified atom stereocenters. The normalized spacial score (nSPS) is 21.2. The van der Waals surface area contributed by atoms with Crippen molar-refractivity contribution in [1.29, 1.82) is 0 Å². The molecule has 0 bridgehead atoms. The Hall–Kier alpha value is -1.53. The molecule has 1 aromatic rings. The Kier molecular flexibility index (Phi) is 2.73. The molecule has 7 heteroatoms. The molecule has 1 aliphatic rings. The first kappa shape index (κ1) is 13.9. The summed E-state index contributed by atoms with van der Waals surface area (Å²) in [7, 11) is 0. The Morgan fingerprint density at radius 1 is 1.16 bits per heavy atom. The molecule has 0 spiro atoms. The third kappa shape index (κ3) is 2.21. The zero-order valence-electron chi connectivity index (χ0n) is 11.3. The van der Waals surface area contributed by atoms with Crippen molar-refractivity contribution in [2.24, 2.45) is 10.8 Å². The van der Waals surface area contributed by atoms with Crippen LogP contribution in [0.1, 0.15) is 33.4 Å². The highest BCUT2D eigenvalue weighted by Crippen LogP contribution is 2.63. The van der Waals surface area contributed by atoms with Crippen LogP contribution in [0.25, 0.3) is 0 Å². The van der Waals surface area contributed by atoms with Gasteiger partial charge < -0.3 is 11.1 Å². The Labute approximate surface area is 109 Å². The topological polar surface area (TPSA) is 63.8 Å². The first-order valence-electron chi connectivity index (χ1n) is 5.94. The van der Waals surface area contributed by atoms with Crippen LogP contribution < -0.4 is 11.1 Å². The van der Waals surface area contributed by atoms with Crippen LogP contribution >= 0.6 is 0 Å². The summed E-state index contributed by atoms with van der Waals surface area (Å²) < 4.78 is 37.9. The SMILES string of the molecule is CC1(C)C(Nc2cc(C(F)(F)F)nc(N)n2)C1(C)C. The van der Waals surface area contributed by atoms with Gasteiger partial charge in [0.2, 0.25) is 5.95 Å². The van der Waals surface area contributed by atoms with E-state index in [4.69, 9.17) is 5.73 Å². The highest BCUT2D eigenvalue weighted by atomic mass is 19.4. The summed E-state index contributed by atoms with van der Waals surface area (Å²) in [4.78, 5) is 7.02. The zero-order valence-corrected chi connectivity index (χ0v) is 11.3. The zero-order chi connectivity index (χ0) is 14.6. The average Bonchev–Trinajstić information content (AvgIpc) is 2.59. The van der Waals surface area contributed by atoms with Crippen molar-refractivity contribution in [2.45, 2.75) is 39.9 Å². The second-order valence-electron chi connectivity index (χ2n) is 6.02. The van der Waals surface area contributed by atoms with Gasteiger partial charge in [0.25, 0.3) is 0 Å². The minimum absolute atomic E-state index is 0.00882. The number of aromatic nitrogens is 2. The number of nitrogens with two attached hydrogens (primary N) is 1. The maximum atomic E-state index is 12.6. The van der Waals surface area contributed by atoms with Crippen molar-refractivity contribution in [3.63, 3.8) is 0 Å². The summed E-state index contributed by atoms with van der Waals surface area (Å²) >= 11 is 0. The number of alkyl halides is 3. The van der Waals surface area contributed by atoms with E-state index >= 15 is 0 Å². The van der Waals surface area contributed by atoms with Crippen LogP contribution in [0.5, 0.6) is 0 Å². The molecule has 1 aliphatic carbocycles. The van der Waals surface area contributed by atoms with E-state index < -0.39 is 11.9 Å². The van der Waals surface area contributed by atoms with Crippen LogP contribution in [0.4, 0.5) is 24.9 Å². The van der Waals surface area contributed by atoms with Gasteiger partial charge in [-0.15, -0.1) is 0 Å². The minimum atomic E-state index is -4.53. The smallest absolute Gasteiger partial charge is 0.368 e. The Morgan fingerprint density at radius 3 is 2.11 bits per heavy atom. The molecule has 1 saturated carbocycles. The van der Waals surface area contributed by atoms with E-state index in [1.807, 2.05) is 0 Å². The number of nitrogen functional groups attached to an aromatic ring is 1. The molecule has 0 amide bonds. The summed E-state index contributed by atoms with van der Waals surface area (Å²) in [5.74, 6) is -0.267. The second kappa shape index (κ2) is 3.74. The van der Waals surface area contributed by atoms with Crippen LogP contribution in [-0.4, -0.2) is 16.0 Å². The van der Waals surface area contributed by atoms with E-state index in [1.54, 1.807) is 0 Å². The van der Waals surface area contributed by atoms with Gasteiger partial charge in [0, 0.05) is 12.1 Å². The Bertz CT molecular complexity index is 494. The average molecular weight is 274 g/mol. The lowest BCUT2D eigenvalue weighted by Gasteiger charge is -2.11. The van der Waals surface area contributed by atoms with Gasteiger partial charge >= 0.3 is 6.18 Å². The van der Waals surface area contributed by atoms with Crippen molar-refractivity contribution < 1.29 is 13.2 Å². The van der Waals surface area contributed by atoms with Crippen LogP contribution in [0.3, 0.4) is 0 Å². The molecule has 0 aromatic carbocycles. The van der Waals surface area contributed by atoms with Gasteiger partial charge in [-0.25, -0.2) is 4.98 Å². The van der Waals surface area contributed by atoms with E-state index in [-0.39, 0.29) is 28.6 Å². The summed E-state index contributed by atoms with van der Waals surface area (Å²) in [5.41, 5.74) is 4.28. The highest BCUT2D eigenvalue weighted by molar-refractivity contribution is 5.46. The van der Waals surface area contributed by atoms with E-state index in [2.05, 4.69) is 43.0 Å². The number of anilines is 2. The molecule has 1 fully saturated rings. The number of rotatable bonds is 2. The van der Waals surface area contributed by atoms with Crippen LogP contribution in [0.2, 0.25) is 0 Å². The molecule has 106 valence electrons. The number of nitrogens with one attached hydrogen (secondary N) is 1. The lowest BCUT2D eigenvalue weighted by molar-refractivity contribution is -0.141. The summed E-state index contributed by atoms with van der Waals surface area (Å²) in [5, 5.41) is 3.02. The fourth-order valence-electron chi connectivity index (χ4n) is 2.39. The molecular formula is C12H17F3N4. The Morgan fingerprint density at radius 2 is 1.68 bits per heavy atom. The van der Waals surface area contributed by atoms with Crippen molar-refractivity contribution in [2.75, 3.05) is 11.1 Å². The van der Waals surface area contributed by atoms with E-state index in [1.165, 1.54) is 0 Å². The fourth-order valence-corrected chi connectivity index (χ4v) is 2.39. The van der Waals surface area contributed by atoms with Crippen molar-refractivity contribution in [3.8, 4) is 0 Å². The molecule has 0 radical (unpaired) electrons. The van der Waals surface area contributed by atoms with Crippen molar-refractivity contribution in [3.05, 3.63) is 11.8 Å². The first-order chi connectivity index (χ1) is 8.46. The molecule has 19 heavy (non-hydrogen) atoms. The van der Waals surface area contributed by atoms with Gasteiger partial charge in [0.1, 0.15) is 5.82 Å². The van der Waals surface area contributed by atoms with Gasteiger partial charge in [-0.05, 0) is 10.8 Å². The summed E-state index contributed by atoms with van der Waals surface area (Å²) in [6.07, 6.45) is -4.53. The van der Waals surface area contributed by atoms with Crippen LogP contribution in [0, 0.1) is 10.8 Å². The molecule has 3 N–H and O–H groups in total. The second-order valence-corrected chi connectivity index (χ2v) is 6.02. The van der Waals surface area contributed by atoms with E-state index in [0.29, 0.717) is 0 Å². The molecule has 1 heterocycles. The fraction of sp³-hybridized carbons (Fsp3) is 0.667. The first-order valence-corrected chi connectivity index (χ1v) is 5.94. The van der Waals surface area contributed by atoms with Crippen molar-refractivity contribution in [1.82, 2.24) is 9.97 Å². The quantitative estimate of drug-likeness (QED) is 0.870. The maximum absolute atomic E-state index is 12.6. The van der Waals surface area contributed by atoms with E-state index in [9.17, 15) is 13.2 Å². The summed E-state index contributed by atoms with van der Waals surface area (Å²) in [6.45, 7) is 8.22. The van der Waals surface area contributed by atoms with Gasteiger partial charge in [0.15, 0.2) is 5.69 Å². The number of nitrogens with zero attached hydrogens (tertiary/aromatic N) is 2. The van der Waals surface area contributed by atoms with Gasteiger partial charge in [-0.2, -0.15) is 18.2 Å². The largest absolute Gasteiger partial charge is 0.433 e. The predicted octanol–water partition coefficient (Wildman–Crippen LogP) is 2.92. The van der Waals surface area contributed by atoms with Gasteiger partial charge in [-0.1, -0.05) is 27.7 Å². The lowest BCUT2D eigenvalue weighted by atomic mass is 10.0. The maximum Gasteiger partial charge on any atom is 0.433 e. The highest BCUT2D eigenvalue weighted by Gasteiger charge is 2.65. The third-order valence-corrected chi connectivity index (χ3v) is 4.35. The number of hydrogen-bond acceptors (Lipinski definition) is 4. The number of hydrogen-bond donors (Lipinski definition) is 2. The molecule has 2 rings (SSSR count). The lowest BCUT2D eigenvalue weighted by Crippen LogP contribution is -2.16. The molecule has 4 nitrogen and oxygen atoms in total.